The quantitative estimate of drug-likeness (QED) is 0.698. The van der Waals surface area contributed by atoms with Crippen LogP contribution in [0.2, 0.25) is 0 Å². The third-order valence-electron chi connectivity index (χ3n) is 6.20. The highest BCUT2D eigenvalue weighted by atomic mass is 32.2. The molecule has 1 saturated carbocycles. The number of sulfonamides is 1. The first-order valence-corrected chi connectivity index (χ1v) is 12.1. The Kier molecular flexibility index (Phi) is 6.78. The average molecular weight is 400 g/mol. The summed E-state index contributed by atoms with van der Waals surface area (Å²) in [6.45, 7) is 5.02. The molecule has 3 fully saturated rings. The van der Waals surface area contributed by atoms with Gasteiger partial charge in [-0.2, -0.15) is 0 Å². The van der Waals surface area contributed by atoms with Crippen LogP contribution in [0.25, 0.3) is 0 Å². The lowest BCUT2D eigenvalue weighted by molar-refractivity contribution is -0.144. The molecule has 3 rings (SSSR count). The molecule has 8 heteroatoms. The average Bonchev–Trinajstić information content (AvgIpc) is 3.22. The molecule has 3 aliphatic rings. The normalized spacial score (nSPS) is 25.7. The molecule has 2 saturated heterocycles. The second kappa shape index (κ2) is 8.90. The van der Waals surface area contributed by atoms with Crippen molar-refractivity contribution in [1.82, 2.24) is 14.1 Å². The van der Waals surface area contributed by atoms with Gasteiger partial charge in [-0.05, 0) is 32.1 Å². The zero-order valence-corrected chi connectivity index (χ0v) is 17.3. The summed E-state index contributed by atoms with van der Waals surface area (Å²) in [4.78, 5) is 29.2. The Hall–Kier alpha value is -1.15. The zero-order valence-electron chi connectivity index (χ0n) is 16.4. The summed E-state index contributed by atoms with van der Waals surface area (Å²) in [6, 6.07) is 0. The van der Waals surface area contributed by atoms with E-state index < -0.39 is 10.0 Å². The second-order valence-corrected chi connectivity index (χ2v) is 10.2. The summed E-state index contributed by atoms with van der Waals surface area (Å²) in [5.41, 5.74) is 0. The summed E-state index contributed by atoms with van der Waals surface area (Å²) in [5.74, 6) is 0.398. The van der Waals surface area contributed by atoms with Crippen LogP contribution in [0.15, 0.2) is 0 Å². The van der Waals surface area contributed by atoms with Gasteiger partial charge in [-0.1, -0.05) is 19.8 Å². The highest BCUT2D eigenvalue weighted by Gasteiger charge is 2.36. The summed E-state index contributed by atoms with van der Waals surface area (Å²) < 4.78 is 26.2. The Morgan fingerprint density at radius 2 is 1.33 bits per heavy atom. The number of piperazine rings is 1. The molecule has 0 aromatic rings. The van der Waals surface area contributed by atoms with Gasteiger partial charge in [0.2, 0.25) is 21.8 Å². The molecule has 1 unspecified atom stereocenters. The van der Waals surface area contributed by atoms with Crippen LogP contribution in [-0.4, -0.2) is 79.4 Å². The lowest BCUT2D eigenvalue weighted by Crippen LogP contribution is -2.54. The van der Waals surface area contributed by atoms with E-state index in [0.717, 1.165) is 38.5 Å². The van der Waals surface area contributed by atoms with E-state index in [4.69, 9.17) is 0 Å². The molecule has 2 amide bonds. The monoisotopic (exact) mass is 399 g/mol. The van der Waals surface area contributed by atoms with Gasteiger partial charge >= 0.3 is 0 Å². The third kappa shape index (κ3) is 4.83. The van der Waals surface area contributed by atoms with Crippen LogP contribution in [0, 0.1) is 11.8 Å². The first-order valence-electron chi connectivity index (χ1n) is 10.5. The fourth-order valence-electron chi connectivity index (χ4n) is 4.62. The maximum Gasteiger partial charge on any atom is 0.227 e. The molecule has 0 aromatic heterocycles. The van der Waals surface area contributed by atoms with Crippen molar-refractivity contribution in [2.24, 2.45) is 11.8 Å². The molecule has 2 aliphatic heterocycles. The Morgan fingerprint density at radius 1 is 0.815 bits per heavy atom. The van der Waals surface area contributed by atoms with E-state index in [1.807, 2.05) is 16.7 Å². The molecule has 0 N–H and O–H groups in total. The van der Waals surface area contributed by atoms with Gasteiger partial charge in [0.05, 0.1) is 11.7 Å². The smallest absolute Gasteiger partial charge is 0.227 e. The van der Waals surface area contributed by atoms with Crippen LogP contribution in [-0.2, 0) is 19.6 Å². The van der Waals surface area contributed by atoms with Crippen molar-refractivity contribution < 1.29 is 18.0 Å². The number of amides is 2. The SMILES string of the molecule is CCCS(=O)(=O)N1CCCC(C(=O)N2CCN(C(=O)C3CCCC3)CC2)C1. The minimum absolute atomic E-state index is 0.0550. The Bertz CT molecular complexity index is 637. The summed E-state index contributed by atoms with van der Waals surface area (Å²) in [7, 11) is -3.25. The van der Waals surface area contributed by atoms with Gasteiger partial charge in [0.1, 0.15) is 0 Å². The van der Waals surface area contributed by atoms with Gasteiger partial charge < -0.3 is 9.80 Å². The predicted octanol–water partition coefficient (Wildman–Crippen LogP) is 1.30. The van der Waals surface area contributed by atoms with Gasteiger partial charge in [-0.25, -0.2) is 12.7 Å². The van der Waals surface area contributed by atoms with Crippen LogP contribution >= 0.6 is 0 Å². The van der Waals surface area contributed by atoms with Gasteiger partial charge in [0, 0.05) is 45.2 Å². The summed E-state index contributed by atoms with van der Waals surface area (Å²) in [5, 5.41) is 0. The fraction of sp³-hybridized carbons (Fsp3) is 0.895. The number of hydrogen-bond donors (Lipinski definition) is 0. The molecule has 1 atom stereocenters. The number of piperidine rings is 1. The van der Waals surface area contributed by atoms with Gasteiger partial charge in [-0.15, -0.1) is 0 Å². The van der Waals surface area contributed by atoms with Gasteiger partial charge in [-0.3, -0.25) is 9.59 Å². The largest absolute Gasteiger partial charge is 0.339 e. The standard InChI is InChI=1S/C19H33N3O4S/c1-2-14-27(25,26)22-9-5-8-17(15-22)19(24)21-12-10-20(11-13-21)18(23)16-6-3-4-7-16/h16-17H,2-15H2,1H3. The fourth-order valence-corrected chi connectivity index (χ4v) is 6.21. The number of hydrogen-bond acceptors (Lipinski definition) is 4. The Balaban J connectivity index is 1.52. The van der Waals surface area contributed by atoms with E-state index in [-0.39, 0.29) is 29.4 Å². The first-order chi connectivity index (χ1) is 12.9. The van der Waals surface area contributed by atoms with Crippen LogP contribution in [0.1, 0.15) is 51.9 Å². The maximum atomic E-state index is 12.9. The lowest BCUT2D eigenvalue weighted by atomic mass is 9.97. The van der Waals surface area contributed by atoms with Crippen molar-refractivity contribution in [2.45, 2.75) is 51.9 Å². The predicted molar refractivity (Wildman–Crippen MR) is 103 cm³/mol. The van der Waals surface area contributed by atoms with E-state index in [2.05, 4.69) is 0 Å². The minimum Gasteiger partial charge on any atom is -0.339 e. The third-order valence-corrected chi connectivity index (χ3v) is 8.24. The number of nitrogens with zero attached hydrogens (tertiary/aromatic N) is 3. The van der Waals surface area contributed by atoms with E-state index in [1.165, 1.54) is 4.31 Å². The molecule has 2 heterocycles. The number of rotatable bonds is 5. The highest BCUT2D eigenvalue weighted by molar-refractivity contribution is 7.89. The topological polar surface area (TPSA) is 78.0 Å². The van der Waals surface area contributed by atoms with Crippen molar-refractivity contribution in [3.05, 3.63) is 0 Å². The molecule has 0 aromatic carbocycles. The first kappa shape index (κ1) is 20.6. The highest BCUT2D eigenvalue weighted by Crippen LogP contribution is 2.27. The summed E-state index contributed by atoms with van der Waals surface area (Å²) in [6.07, 6.45) is 6.37. The molecule has 7 nitrogen and oxygen atoms in total. The Labute approximate surface area is 163 Å². The molecule has 0 spiro atoms. The molecule has 1 aliphatic carbocycles. The van der Waals surface area contributed by atoms with Crippen molar-refractivity contribution in [1.29, 1.82) is 0 Å². The summed E-state index contributed by atoms with van der Waals surface area (Å²) >= 11 is 0. The zero-order chi connectivity index (χ0) is 19.4. The maximum absolute atomic E-state index is 12.9. The van der Waals surface area contributed by atoms with Gasteiger partial charge in [0.25, 0.3) is 0 Å². The van der Waals surface area contributed by atoms with Crippen LogP contribution in [0.3, 0.4) is 0 Å². The molecule has 0 bridgehead atoms. The van der Waals surface area contributed by atoms with Crippen LogP contribution in [0.5, 0.6) is 0 Å². The Morgan fingerprint density at radius 3 is 1.89 bits per heavy atom. The van der Waals surface area contributed by atoms with E-state index in [0.29, 0.717) is 45.7 Å². The molecular weight excluding hydrogens is 366 g/mol. The van der Waals surface area contributed by atoms with Crippen molar-refractivity contribution in [3.8, 4) is 0 Å². The molecule has 0 radical (unpaired) electrons. The number of carbonyl (C=O) groups excluding carboxylic acids is 2. The second-order valence-electron chi connectivity index (χ2n) is 8.15. The lowest BCUT2D eigenvalue weighted by Gasteiger charge is -2.39. The molecular formula is C19H33N3O4S. The van der Waals surface area contributed by atoms with Crippen LogP contribution in [0.4, 0.5) is 0 Å². The van der Waals surface area contributed by atoms with Crippen molar-refractivity contribution >= 4 is 21.8 Å². The van der Waals surface area contributed by atoms with E-state index >= 15 is 0 Å². The van der Waals surface area contributed by atoms with Gasteiger partial charge in [0.15, 0.2) is 0 Å². The molecule has 154 valence electrons. The minimum atomic E-state index is -3.25. The number of carbonyl (C=O) groups is 2. The van der Waals surface area contributed by atoms with Crippen LogP contribution < -0.4 is 0 Å². The van der Waals surface area contributed by atoms with Crippen molar-refractivity contribution in [3.63, 3.8) is 0 Å². The van der Waals surface area contributed by atoms with Crippen molar-refractivity contribution in [2.75, 3.05) is 45.0 Å². The van der Waals surface area contributed by atoms with E-state index in [9.17, 15) is 18.0 Å². The van der Waals surface area contributed by atoms with E-state index in [1.54, 1.807) is 0 Å². The molecule has 27 heavy (non-hydrogen) atoms.